The van der Waals surface area contributed by atoms with E-state index in [0.717, 1.165) is 6.54 Å². The van der Waals surface area contributed by atoms with Crippen LogP contribution in [0.5, 0.6) is 0 Å². The number of rotatable bonds is 2. The number of quaternary nitrogens is 1. The summed E-state index contributed by atoms with van der Waals surface area (Å²) in [6, 6.07) is 9.34. The standard InChI is InChI=1S/C13H15N.ClH/c1-3-10-14(2)13-9-8-11-6-4-5-7-12(11)13;/h1,4-7,13H,8-10H2,2H3;1H/p+1. The largest absolute Gasteiger partial charge is 0.321 e. The smallest absolute Gasteiger partial charge is 0.139 e. The van der Waals surface area contributed by atoms with Gasteiger partial charge < -0.3 is 4.90 Å². The van der Waals surface area contributed by atoms with E-state index in [-0.39, 0.29) is 12.4 Å². The molecule has 0 spiro atoms. The molecule has 0 bridgehead atoms. The Balaban J connectivity index is 0.00000112. The highest BCUT2D eigenvalue weighted by atomic mass is 35.5. The zero-order chi connectivity index (χ0) is 9.97. The molecule has 1 aliphatic carbocycles. The zero-order valence-corrected chi connectivity index (χ0v) is 9.81. The van der Waals surface area contributed by atoms with Crippen LogP contribution in [0.15, 0.2) is 24.3 Å². The van der Waals surface area contributed by atoms with Crippen LogP contribution < -0.4 is 4.90 Å². The first kappa shape index (κ1) is 12.1. The van der Waals surface area contributed by atoms with E-state index in [1.807, 2.05) is 0 Å². The molecule has 80 valence electrons. The van der Waals surface area contributed by atoms with Crippen LogP contribution in [-0.2, 0) is 6.42 Å². The molecule has 1 nitrogen and oxygen atoms in total. The zero-order valence-electron chi connectivity index (χ0n) is 8.99. The number of fused-ring (bicyclic) bond motifs is 1. The highest BCUT2D eigenvalue weighted by molar-refractivity contribution is 5.85. The second-order valence-corrected chi connectivity index (χ2v) is 4.02. The molecular formula is C13H17ClN+. The summed E-state index contributed by atoms with van der Waals surface area (Å²) < 4.78 is 0. The Kier molecular flexibility index (Phi) is 4.20. The fourth-order valence-electron chi connectivity index (χ4n) is 2.35. The lowest BCUT2D eigenvalue weighted by molar-refractivity contribution is -0.904. The van der Waals surface area contributed by atoms with Gasteiger partial charge in [-0.25, -0.2) is 0 Å². The third kappa shape index (κ3) is 2.34. The summed E-state index contributed by atoms with van der Waals surface area (Å²) in [5.74, 6) is 2.74. The minimum absolute atomic E-state index is 0. The number of benzene rings is 1. The van der Waals surface area contributed by atoms with Gasteiger partial charge in [-0.15, -0.1) is 18.8 Å². The molecule has 0 saturated carbocycles. The predicted molar refractivity (Wildman–Crippen MR) is 65.3 cm³/mol. The van der Waals surface area contributed by atoms with Gasteiger partial charge in [-0.1, -0.05) is 24.3 Å². The Labute approximate surface area is 97.9 Å². The molecule has 2 rings (SSSR count). The van der Waals surface area contributed by atoms with E-state index in [4.69, 9.17) is 6.42 Å². The molecule has 1 aromatic carbocycles. The van der Waals surface area contributed by atoms with Crippen molar-refractivity contribution in [2.24, 2.45) is 0 Å². The average molecular weight is 223 g/mol. The molecule has 0 aliphatic heterocycles. The van der Waals surface area contributed by atoms with Gasteiger partial charge in [0.2, 0.25) is 0 Å². The Morgan fingerprint density at radius 1 is 1.47 bits per heavy atom. The molecule has 0 saturated heterocycles. The molecular weight excluding hydrogens is 206 g/mol. The van der Waals surface area contributed by atoms with Crippen molar-refractivity contribution in [3.05, 3.63) is 35.4 Å². The number of aryl methyl sites for hydroxylation is 1. The topological polar surface area (TPSA) is 4.44 Å². The summed E-state index contributed by atoms with van der Waals surface area (Å²) in [6.07, 6.45) is 7.80. The van der Waals surface area contributed by atoms with Crippen LogP contribution in [0.3, 0.4) is 0 Å². The number of hydrogen-bond donors (Lipinski definition) is 1. The molecule has 0 heterocycles. The quantitative estimate of drug-likeness (QED) is 0.719. The summed E-state index contributed by atoms with van der Waals surface area (Å²) in [5.41, 5.74) is 3.01. The maximum Gasteiger partial charge on any atom is 0.139 e. The highest BCUT2D eigenvalue weighted by Crippen LogP contribution is 2.28. The van der Waals surface area contributed by atoms with E-state index in [9.17, 15) is 0 Å². The van der Waals surface area contributed by atoms with Crippen molar-refractivity contribution in [3.8, 4) is 12.3 Å². The molecule has 0 fully saturated rings. The third-order valence-corrected chi connectivity index (χ3v) is 3.11. The van der Waals surface area contributed by atoms with Crippen molar-refractivity contribution in [3.63, 3.8) is 0 Å². The van der Waals surface area contributed by atoms with Crippen LogP contribution >= 0.6 is 12.4 Å². The molecule has 2 unspecified atom stereocenters. The third-order valence-electron chi connectivity index (χ3n) is 3.11. The summed E-state index contributed by atoms with van der Waals surface area (Å²) in [7, 11) is 2.19. The first-order valence-electron chi connectivity index (χ1n) is 5.16. The Hall–Kier alpha value is -0.970. The van der Waals surface area contributed by atoms with Gasteiger partial charge in [-0.2, -0.15) is 0 Å². The van der Waals surface area contributed by atoms with E-state index >= 15 is 0 Å². The van der Waals surface area contributed by atoms with Gasteiger partial charge in [0.15, 0.2) is 0 Å². The average Bonchev–Trinajstić information content (AvgIpc) is 2.61. The van der Waals surface area contributed by atoms with Gasteiger partial charge in [0, 0.05) is 12.0 Å². The van der Waals surface area contributed by atoms with Gasteiger partial charge in [0.05, 0.1) is 7.05 Å². The SMILES string of the molecule is C#CC[NH+](C)C1CCc2ccccc21.Cl. The van der Waals surface area contributed by atoms with Crippen LogP contribution in [0.1, 0.15) is 23.6 Å². The van der Waals surface area contributed by atoms with E-state index in [1.54, 1.807) is 0 Å². The van der Waals surface area contributed by atoms with Gasteiger partial charge >= 0.3 is 0 Å². The number of nitrogens with one attached hydrogen (secondary N) is 1. The first-order valence-corrected chi connectivity index (χ1v) is 5.16. The van der Waals surface area contributed by atoms with Crippen molar-refractivity contribution in [2.45, 2.75) is 18.9 Å². The minimum Gasteiger partial charge on any atom is -0.321 e. The van der Waals surface area contributed by atoms with Crippen molar-refractivity contribution in [1.82, 2.24) is 0 Å². The van der Waals surface area contributed by atoms with E-state index in [2.05, 4.69) is 37.2 Å². The van der Waals surface area contributed by atoms with Crippen LogP contribution in [0.4, 0.5) is 0 Å². The highest BCUT2D eigenvalue weighted by Gasteiger charge is 2.27. The van der Waals surface area contributed by atoms with Crippen LogP contribution in [0.25, 0.3) is 0 Å². The fourth-order valence-corrected chi connectivity index (χ4v) is 2.35. The monoisotopic (exact) mass is 222 g/mol. The normalized spacial score (nSPS) is 19.9. The fraction of sp³-hybridized carbons (Fsp3) is 0.385. The molecule has 2 heteroatoms. The number of hydrogen-bond acceptors (Lipinski definition) is 0. The van der Waals surface area contributed by atoms with Crippen LogP contribution in [-0.4, -0.2) is 13.6 Å². The van der Waals surface area contributed by atoms with Crippen molar-refractivity contribution in [1.29, 1.82) is 0 Å². The van der Waals surface area contributed by atoms with Crippen LogP contribution in [0, 0.1) is 12.3 Å². The Morgan fingerprint density at radius 2 is 2.20 bits per heavy atom. The molecule has 0 radical (unpaired) electrons. The van der Waals surface area contributed by atoms with Gasteiger partial charge in [-0.3, -0.25) is 0 Å². The molecule has 15 heavy (non-hydrogen) atoms. The lowest BCUT2D eigenvalue weighted by Gasteiger charge is -2.19. The molecule has 1 aliphatic rings. The minimum atomic E-state index is 0. The van der Waals surface area contributed by atoms with Crippen molar-refractivity contribution in [2.75, 3.05) is 13.6 Å². The number of halogens is 1. The van der Waals surface area contributed by atoms with E-state index in [1.165, 1.54) is 28.9 Å². The van der Waals surface area contributed by atoms with E-state index in [0.29, 0.717) is 6.04 Å². The van der Waals surface area contributed by atoms with Gasteiger partial charge in [0.1, 0.15) is 12.6 Å². The Bertz CT molecular complexity index is 367. The van der Waals surface area contributed by atoms with Gasteiger partial charge in [0.25, 0.3) is 0 Å². The van der Waals surface area contributed by atoms with Crippen molar-refractivity contribution < 1.29 is 4.90 Å². The maximum atomic E-state index is 5.35. The van der Waals surface area contributed by atoms with Gasteiger partial charge in [-0.05, 0) is 17.9 Å². The summed E-state index contributed by atoms with van der Waals surface area (Å²) >= 11 is 0. The second kappa shape index (κ2) is 5.21. The molecule has 2 atom stereocenters. The lowest BCUT2D eigenvalue weighted by Crippen LogP contribution is -3.09. The lowest BCUT2D eigenvalue weighted by atomic mass is 10.1. The molecule has 0 amide bonds. The molecule has 1 aromatic rings. The summed E-state index contributed by atoms with van der Waals surface area (Å²) in [6.45, 7) is 0.818. The molecule has 1 N–H and O–H groups in total. The second-order valence-electron chi connectivity index (χ2n) is 4.02. The summed E-state index contributed by atoms with van der Waals surface area (Å²) in [5, 5.41) is 0. The first-order chi connectivity index (χ1) is 6.83. The Morgan fingerprint density at radius 3 is 2.93 bits per heavy atom. The number of terminal acetylenes is 1. The maximum absolute atomic E-state index is 5.35. The molecule has 0 aromatic heterocycles. The van der Waals surface area contributed by atoms with Crippen LogP contribution in [0.2, 0.25) is 0 Å². The summed E-state index contributed by atoms with van der Waals surface area (Å²) in [4.78, 5) is 1.44. The predicted octanol–water partition coefficient (Wildman–Crippen LogP) is 1.24. The van der Waals surface area contributed by atoms with Crippen molar-refractivity contribution >= 4 is 12.4 Å². The van der Waals surface area contributed by atoms with E-state index < -0.39 is 0 Å².